The van der Waals surface area contributed by atoms with Crippen LogP contribution in [0.3, 0.4) is 0 Å². The summed E-state index contributed by atoms with van der Waals surface area (Å²) in [6, 6.07) is 0. The molecule has 2 unspecified atom stereocenters. The Morgan fingerprint density at radius 2 is 2.02 bits per heavy atom. The molecule has 0 aliphatic carbocycles. The Morgan fingerprint density at radius 1 is 1.23 bits per heavy atom. The van der Waals surface area contributed by atoms with Crippen molar-refractivity contribution in [3.05, 3.63) is 35.0 Å². The van der Waals surface area contributed by atoms with E-state index in [0.29, 0.717) is 0 Å². The van der Waals surface area contributed by atoms with Crippen LogP contribution in [0.1, 0.15) is 12.1 Å². The van der Waals surface area contributed by atoms with E-state index in [9.17, 15) is 14.3 Å². The van der Waals surface area contributed by atoms with Gasteiger partial charge >= 0.3 is 13.5 Å². The summed E-state index contributed by atoms with van der Waals surface area (Å²) in [5.74, 6) is -4.14. The van der Waals surface area contributed by atoms with Gasteiger partial charge in [0.05, 0.1) is 25.7 Å². The average Bonchev–Trinajstić information content (AvgIpc) is 3.59. The number of aromatic nitrogens is 8. The molecule has 2 bridgehead atoms. The van der Waals surface area contributed by atoms with Gasteiger partial charge in [0, 0.05) is 0 Å². The van der Waals surface area contributed by atoms with E-state index in [-0.39, 0.29) is 34.1 Å². The third-order valence-corrected chi connectivity index (χ3v) is 9.48. The number of nitrogen functional groups attached to an aromatic ring is 1. The number of hydrogen-bond acceptors (Lipinski definition) is 14. The summed E-state index contributed by atoms with van der Waals surface area (Å²) in [5, 5.41) is 0. The van der Waals surface area contributed by atoms with Crippen molar-refractivity contribution in [1.29, 1.82) is 0 Å². The number of hydrogen-bond donors (Lipinski definition) is 4. The summed E-state index contributed by atoms with van der Waals surface area (Å²) in [5.41, 5.74) is 4.71. The molecule has 4 N–H and O–H groups in total. The first-order valence-corrected chi connectivity index (χ1v) is 17.3. The smallest absolute Gasteiger partial charge is 0.369 e. The molecular weight excluding hydrogens is 665 g/mol. The second kappa shape index (κ2) is 11.1. The van der Waals surface area contributed by atoms with E-state index in [1.165, 1.54) is 6.20 Å². The van der Waals surface area contributed by atoms with Crippen molar-refractivity contribution in [1.82, 2.24) is 39.0 Å². The number of ether oxygens (including phenoxy) is 1. The van der Waals surface area contributed by atoms with Crippen molar-refractivity contribution in [2.75, 3.05) is 18.9 Å². The maximum absolute atomic E-state index is 15.9. The minimum Gasteiger partial charge on any atom is -0.369 e. The summed E-state index contributed by atoms with van der Waals surface area (Å²) in [7, 11) is 0. The fourth-order valence-electron chi connectivity index (χ4n) is 4.48. The monoisotopic (exact) mass is 685 g/mol. The standard InChI is InChI=1S/C19H20F3N9O8P2S2/c20-11-9-2-35-40(33,42)37-5-19(21,22)4-30-10(27-8-1-24-6-25-14(8)30)3-36-41(34,43)39-13(11)17(38-9)31-7-26-12-15(31)28-18(23)29-16(12)32/h1,6-7,9,11,13,17H,2-5H2,(H,33,42)(H,34,43)(H3,23,28,29,32)/t9-,11+,13-,17+,40?,41?/m1/s1. The number of nitrogens with one attached hydrogen (secondary N) is 1. The van der Waals surface area contributed by atoms with Gasteiger partial charge in [-0.05, 0) is 11.8 Å². The zero-order valence-corrected chi connectivity index (χ0v) is 24.8. The number of fused-ring (bicyclic) bond motifs is 6. The normalized spacial score (nSPS) is 32.2. The van der Waals surface area contributed by atoms with Crippen LogP contribution in [0.4, 0.5) is 19.1 Å². The van der Waals surface area contributed by atoms with Gasteiger partial charge in [-0.2, -0.15) is 4.98 Å². The molecule has 0 aromatic carbocycles. The highest BCUT2D eigenvalue weighted by atomic mass is 32.7. The average molecular weight is 686 g/mol. The van der Waals surface area contributed by atoms with Gasteiger partial charge < -0.3 is 29.0 Å². The lowest BCUT2D eigenvalue weighted by Gasteiger charge is -2.25. The van der Waals surface area contributed by atoms with Crippen molar-refractivity contribution >= 4 is 65.8 Å². The summed E-state index contributed by atoms with van der Waals surface area (Å²) >= 11 is 8.81. The number of alkyl halides is 3. The fraction of sp³-hybridized carbons (Fsp3) is 0.474. The van der Waals surface area contributed by atoms with Gasteiger partial charge in [-0.15, -0.1) is 0 Å². The molecule has 2 aliphatic heterocycles. The Bertz CT molecular complexity index is 1860. The number of nitrogens with zero attached hydrogens (tertiary/aromatic N) is 7. The third-order valence-electron chi connectivity index (χ3n) is 6.32. The summed E-state index contributed by atoms with van der Waals surface area (Å²) in [6.45, 7) is -12.9. The van der Waals surface area contributed by atoms with Crippen LogP contribution >= 0.6 is 25.8 Å². The van der Waals surface area contributed by atoms with E-state index in [1.54, 1.807) is 0 Å². The number of aromatic amines is 1. The number of H-pyrrole nitrogens is 1. The molecule has 17 nitrogen and oxygen atoms in total. The largest absolute Gasteiger partial charge is 0.387 e. The first kappa shape index (κ1) is 30.5. The maximum Gasteiger partial charge on any atom is 0.387 e. The van der Waals surface area contributed by atoms with Crippen molar-refractivity contribution in [3.63, 3.8) is 0 Å². The molecule has 1 fully saturated rings. The second-order valence-corrected chi connectivity index (χ2v) is 15.0. The van der Waals surface area contributed by atoms with E-state index in [1.807, 2.05) is 0 Å². The molecule has 0 saturated carbocycles. The van der Waals surface area contributed by atoms with Gasteiger partial charge in [0.15, 0.2) is 29.2 Å². The zero-order chi connectivity index (χ0) is 30.7. The molecule has 2 aliphatic rings. The molecule has 4 aromatic rings. The van der Waals surface area contributed by atoms with Crippen molar-refractivity contribution in [2.24, 2.45) is 0 Å². The zero-order valence-electron chi connectivity index (χ0n) is 21.3. The molecule has 0 radical (unpaired) electrons. The van der Waals surface area contributed by atoms with Crippen molar-refractivity contribution < 1.29 is 45.5 Å². The van der Waals surface area contributed by atoms with Gasteiger partial charge in [0.25, 0.3) is 11.5 Å². The molecule has 4 aromatic heterocycles. The van der Waals surface area contributed by atoms with E-state index in [4.69, 9.17) is 40.4 Å². The topological polar surface area (TPSA) is 217 Å². The van der Waals surface area contributed by atoms with Crippen LogP contribution in [0.5, 0.6) is 0 Å². The predicted molar refractivity (Wildman–Crippen MR) is 146 cm³/mol. The number of thiol groups is 1. The molecule has 0 amide bonds. The minimum atomic E-state index is -4.52. The quantitative estimate of drug-likeness (QED) is 0.165. The van der Waals surface area contributed by atoms with Crippen LogP contribution in [0.25, 0.3) is 22.3 Å². The van der Waals surface area contributed by atoms with Crippen LogP contribution in [0.15, 0.2) is 23.6 Å². The van der Waals surface area contributed by atoms with Gasteiger partial charge in [-0.1, -0.05) is 12.2 Å². The highest BCUT2D eigenvalue weighted by Crippen LogP contribution is 2.58. The molecule has 0 spiro atoms. The molecular formula is C19H20F3N9O8P2S2. The van der Waals surface area contributed by atoms with Crippen LogP contribution in [-0.4, -0.2) is 81.4 Å². The lowest BCUT2D eigenvalue weighted by molar-refractivity contribution is -0.0643. The number of halogens is 3. The first-order chi connectivity index (χ1) is 20.2. The van der Waals surface area contributed by atoms with Gasteiger partial charge in [0.1, 0.15) is 43.1 Å². The highest BCUT2D eigenvalue weighted by molar-refractivity contribution is 8.44. The molecule has 43 heavy (non-hydrogen) atoms. The maximum atomic E-state index is 15.9. The molecule has 6 heterocycles. The van der Waals surface area contributed by atoms with E-state index >= 15 is 13.2 Å². The van der Waals surface area contributed by atoms with E-state index < -0.39 is 76.0 Å². The van der Waals surface area contributed by atoms with Crippen molar-refractivity contribution in [2.45, 2.75) is 43.7 Å². The Balaban J connectivity index is 1.39. The summed E-state index contributed by atoms with van der Waals surface area (Å²) in [4.78, 5) is 44.9. The number of imidazole rings is 2. The van der Waals surface area contributed by atoms with Crippen LogP contribution in [0, 0.1) is 0 Å². The summed E-state index contributed by atoms with van der Waals surface area (Å²) in [6.07, 6.45) is -3.60. The lowest BCUT2D eigenvalue weighted by Crippen LogP contribution is -2.33. The third kappa shape index (κ3) is 6.21. The van der Waals surface area contributed by atoms with Gasteiger partial charge in [-0.25, -0.2) is 37.7 Å². The molecule has 6 atom stereocenters. The molecule has 6 rings (SSSR count). The predicted octanol–water partition coefficient (Wildman–Crippen LogP) is 1.62. The number of rotatable bonds is 1. The summed E-state index contributed by atoms with van der Waals surface area (Å²) < 4.78 is 87.9. The van der Waals surface area contributed by atoms with Crippen molar-refractivity contribution in [3.8, 4) is 0 Å². The van der Waals surface area contributed by atoms with E-state index in [2.05, 4.69) is 42.2 Å². The van der Waals surface area contributed by atoms with Crippen LogP contribution in [-0.2, 0) is 52.4 Å². The Kier molecular flexibility index (Phi) is 7.89. The Hall–Kier alpha value is -2.52. The van der Waals surface area contributed by atoms with Gasteiger partial charge in [-0.3, -0.25) is 23.4 Å². The fourth-order valence-corrected chi connectivity index (χ4v) is 6.95. The SMILES string of the molecule is Nc1nc2c(ncn2[C@H]2O[C@@H]3COP(O)(=S)OCC(F)(F)Cn4c(nc5cncnc54)COP(=O)(S)O[C@@H]2[C@H]3F)c(=O)[nH]1. The van der Waals surface area contributed by atoms with Crippen LogP contribution < -0.4 is 11.3 Å². The lowest BCUT2D eigenvalue weighted by atomic mass is 10.1. The Labute approximate surface area is 247 Å². The van der Waals surface area contributed by atoms with Gasteiger partial charge in [0.2, 0.25) is 5.95 Å². The molecule has 24 heteroatoms. The molecule has 232 valence electrons. The first-order valence-electron chi connectivity index (χ1n) is 12.0. The number of anilines is 1. The minimum absolute atomic E-state index is 0.0198. The van der Waals surface area contributed by atoms with Crippen LogP contribution in [0.2, 0.25) is 0 Å². The molecule has 1 saturated heterocycles. The highest BCUT2D eigenvalue weighted by Gasteiger charge is 2.51. The number of nitrogens with two attached hydrogens (primary N) is 1. The second-order valence-electron chi connectivity index (χ2n) is 9.34. The Morgan fingerprint density at radius 3 is 2.81 bits per heavy atom. The van der Waals surface area contributed by atoms with E-state index in [0.717, 1.165) is 21.8 Å².